The Hall–Kier alpha value is -2.73. The fraction of sp³-hybridized carbons (Fsp3) is 0.333. The van der Waals surface area contributed by atoms with Gasteiger partial charge in [-0.15, -0.1) is 0 Å². The third-order valence-electron chi connectivity index (χ3n) is 5.29. The Kier molecular flexibility index (Phi) is 4.66. The summed E-state index contributed by atoms with van der Waals surface area (Å²) in [5.74, 6) is -0.678. The van der Waals surface area contributed by atoms with Crippen molar-refractivity contribution in [3.63, 3.8) is 0 Å². The van der Waals surface area contributed by atoms with Crippen LogP contribution in [0.2, 0.25) is 0 Å². The normalized spacial score (nSPS) is 16.8. The standard InChI is InChI=1S/C21H22FN3O2/c1-2-3-4-16-11-18-17-9-10-24(13-14-5-7-15(22)8-6-14)19(17)12-23-20(18)21(26)25(16)27/h5-10,12,16,27H,2-4,11,13H2,1H3. The van der Waals surface area contributed by atoms with Crippen molar-refractivity contribution in [2.24, 2.45) is 0 Å². The zero-order valence-corrected chi connectivity index (χ0v) is 15.2. The molecule has 1 amide bonds. The van der Waals surface area contributed by atoms with Crippen molar-refractivity contribution in [2.75, 3.05) is 0 Å². The van der Waals surface area contributed by atoms with Crippen molar-refractivity contribution in [1.82, 2.24) is 14.6 Å². The Morgan fingerprint density at radius 3 is 2.78 bits per heavy atom. The lowest BCUT2D eigenvalue weighted by Crippen LogP contribution is -2.44. The Morgan fingerprint density at radius 1 is 1.26 bits per heavy atom. The summed E-state index contributed by atoms with van der Waals surface area (Å²) in [6.07, 6.45) is 6.98. The maximum atomic E-state index is 13.1. The van der Waals surface area contributed by atoms with Crippen LogP contribution in [0.4, 0.5) is 4.39 Å². The van der Waals surface area contributed by atoms with Gasteiger partial charge in [-0.05, 0) is 42.2 Å². The zero-order chi connectivity index (χ0) is 19.0. The summed E-state index contributed by atoms with van der Waals surface area (Å²) in [5.41, 5.74) is 3.16. The molecule has 0 aliphatic carbocycles. The summed E-state index contributed by atoms with van der Waals surface area (Å²) in [5, 5.41) is 12.1. The minimum atomic E-state index is -0.425. The molecule has 1 atom stereocenters. The van der Waals surface area contributed by atoms with Crippen LogP contribution in [0, 0.1) is 5.82 Å². The molecule has 1 aliphatic heterocycles. The van der Waals surface area contributed by atoms with E-state index < -0.39 is 5.91 Å². The molecular weight excluding hydrogens is 345 g/mol. The maximum absolute atomic E-state index is 13.1. The highest BCUT2D eigenvalue weighted by atomic mass is 19.1. The summed E-state index contributed by atoms with van der Waals surface area (Å²) >= 11 is 0. The predicted octanol–water partition coefficient (Wildman–Crippen LogP) is 4.17. The van der Waals surface area contributed by atoms with Gasteiger partial charge in [0.1, 0.15) is 11.5 Å². The van der Waals surface area contributed by atoms with Gasteiger partial charge in [0.15, 0.2) is 0 Å². The second-order valence-corrected chi connectivity index (χ2v) is 7.10. The van der Waals surface area contributed by atoms with E-state index in [-0.39, 0.29) is 11.9 Å². The molecule has 3 heterocycles. The number of benzene rings is 1. The molecule has 1 N–H and O–H groups in total. The van der Waals surface area contributed by atoms with Crippen molar-refractivity contribution in [2.45, 2.75) is 45.2 Å². The molecule has 0 radical (unpaired) electrons. The number of rotatable bonds is 5. The van der Waals surface area contributed by atoms with Gasteiger partial charge in [0.25, 0.3) is 5.91 Å². The van der Waals surface area contributed by atoms with Crippen LogP contribution >= 0.6 is 0 Å². The number of unbranched alkanes of at least 4 members (excludes halogenated alkanes) is 1. The van der Waals surface area contributed by atoms with Crippen LogP contribution in [0.3, 0.4) is 0 Å². The molecule has 3 aromatic rings. The highest BCUT2D eigenvalue weighted by Gasteiger charge is 2.33. The van der Waals surface area contributed by atoms with Gasteiger partial charge in [0, 0.05) is 18.1 Å². The minimum Gasteiger partial charge on any atom is -0.342 e. The third-order valence-corrected chi connectivity index (χ3v) is 5.29. The number of halogens is 1. The molecule has 5 nitrogen and oxygen atoms in total. The Labute approximate surface area is 157 Å². The highest BCUT2D eigenvalue weighted by molar-refractivity contribution is 5.99. The molecule has 1 aliphatic rings. The van der Waals surface area contributed by atoms with E-state index in [1.54, 1.807) is 18.3 Å². The van der Waals surface area contributed by atoms with Crippen LogP contribution in [0.1, 0.15) is 47.8 Å². The van der Waals surface area contributed by atoms with Crippen molar-refractivity contribution < 1.29 is 14.4 Å². The second-order valence-electron chi connectivity index (χ2n) is 7.10. The second kappa shape index (κ2) is 7.12. The molecule has 1 unspecified atom stereocenters. The molecule has 0 bridgehead atoms. The number of aromatic nitrogens is 2. The van der Waals surface area contributed by atoms with Gasteiger partial charge in [-0.3, -0.25) is 10.0 Å². The summed E-state index contributed by atoms with van der Waals surface area (Å²) in [6, 6.07) is 8.22. The topological polar surface area (TPSA) is 58.4 Å². The van der Waals surface area contributed by atoms with E-state index in [9.17, 15) is 14.4 Å². The van der Waals surface area contributed by atoms with Crippen LogP contribution in [0.5, 0.6) is 0 Å². The van der Waals surface area contributed by atoms with Crippen LogP contribution in [0.15, 0.2) is 42.7 Å². The van der Waals surface area contributed by atoms with Crippen LogP contribution in [-0.2, 0) is 13.0 Å². The number of hydrogen-bond acceptors (Lipinski definition) is 3. The van der Waals surface area contributed by atoms with Crippen LogP contribution < -0.4 is 0 Å². The van der Waals surface area contributed by atoms with Crippen LogP contribution in [0.25, 0.3) is 10.9 Å². The average molecular weight is 367 g/mol. The van der Waals surface area contributed by atoms with Gasteiger partial charge >= 0.3 is 0 Å². The lowest BCUT2D eigenvalue weighted by molar-refractivity contribution is -0.0944. The van der Waals surface area contributed by atoms with E-state index in [1.165, 1.54) is 12.1 Å². The quantitative estimate of drug-likeness (QED) is 0.689. The van der Waals surface area contributed by atoms with Crippen molar-refractivity contribution in [3.05, 3.63) is 65.4 Å². The average Bonchev–Trinajstić information content (AvgIpc) is 3.08. The fourth-order valence-electron chi connectivity index (χ4n) is 3.79. The molecule has 0 spiro atoms. The molecule has 27 heavy (non-hydrogen) atoms. The SMILES string of the molecule is CCCCC1Cc2c(ncc3c2ccn3Cc2ccc(F)cc2)C(=O)N1O. The van der Waals surface area contributed by atoms with E-state index in [2.05, 4.69) is 11.9 Å². The number of hydrogen-bond donors (Lipinski definition) is 1. The van der Waals surface area contributed by atoms with Gasteiger partial charge in [0.05, 0.1) is 17.8 Å². The lowest BCUT2D eigenvalue weighted by Gasteiger charge is -2.31. The molecule has 6 heteroatoms. The first-order valence-electron chi connectivity index (χ1n) is 9.32. The van der Waals surface area contributed by atoms with E-state index in [4.69, 9.17) is 0 Å². The number of pyridine rings is 1. The summed E-state index contributed by atoms with van der Waals surface area (Å²) < 4.78 is 15.2. The number of amides is 1. The number of carbonyl (C=O) groups excluding carboxylic acids is 1. The van der Waals surface area contributed by atoms with Crippen molar-refractivity contribution in [1.29, 1.82) is 0 Å². The molecule has 140 valence electrons. The van der Waals surface area contributed by atoms with Gasteiger partial charge in [-0.1, -0.05) is 31.9 Å². The van der Waals surface area contributed by atoms with E-state index in [0.29, 0.717) is 18.7 Å². The lowest BCUT2D eigenvalue weighted by atomic mass is 9.93. The van der Waals surface area contributed by atoms with Crippen molar-refractivity contribution in [3.8, 4) is 0 Å². The Morgan fingerprint density at radius 2 is 2.04 bits per heavy atom. The van der Waals surface area contributed by atoms with Gasteiger partial charge in [-0.25, -0.2) is 14.4 Å². The van der Waals surface area contributed by atoms with E-state index >= 15 is 0 Å². The largest absolute Gasteiger partial charge is 0.342 e. The Balaban J connectivity index is 1.70. The zero-order valence-electron chi connectivity index (χ0n) is 15.2. The third kappa shape index (κ3) is 3.21. The molecule has 0 saturated carbocycles. The van der Waals surface area contributed by atoms with Crippen LogP contribution in [-0.4, -0.2) is 31.8 Å². The summed E-state index contributed by atoms with van der Waals surface area (Å²) in [7, 11) is 0. The van der Waals surface area contributed by atoms with Gasteiger partial charge < -0.3 is 4.57 Å². The van der Waals surface area contributed by atoms with Gasteiger partial charge in [0.2, 0.25) is 0 Å². The monoisotopic (exact) mass is 367 g/mol. The van der Waals surface area contributed by atoms with Crippen molar-refractivity contribution >= 4 is 16.8 Å². The first-order chi connectivity index (χ1) is 13.1. The number of carbonyl (C=O) groups is 1. The molecule has 1 aromatic carbocycles. The summed E-state index contributed by atoms with van der Waals surface area (Å²) in [4.78, 5) is 16.9. The van der Waals surface area contributed by atoms with E-state index in [1.807, 2.05) is 16.8 Å². The molecule has 4 rings (SSSR count). The smallest absolute Gasteiger partial charge is 0.296 e. The molecular formula is C21H22FN3O2. The number of nitrogens with zero attached hydrogens (tertiary/aromatic N) is 3. The first kappa shape index (κ1) is 17.7. The minimum absolute atomic E-state index is 0.210. The predicted molar refractivity (Wildman–Crippen MR) is 100 cm³/mol. The molecule has 0 fully saturated rings. The number of fused-ring (bicyclic) bond motifs is 3. The molecule has 0 saturated heterocycles. The first-order valence-corrected chi connectivity index (χ1v) is 9.32. The maximum Gasteiger partial charge on any atom is 0.296 e. The Bertz CT molecular complexity index is 981. The van der Waals surface area contributed by atoms with Gasteiger partial charge in [-0.2, -0.15) is 0 Å². The van der Waals surface area contributed by atoms with E-state index in [0.717, 1.165) is 46.4 Å². The molecule has 2 aromatic heterocycles. The fourth-order valence-corrected chi connectivity index (χ4v) is 3.79. The highest BCUT2D eigenvalue weighted by Crippen LogP contribution is 2.30. The summed E-state index contributed by atoms with van der Waals surface area (Å²) in [6.45, 7) is 2.69. The number of hydroxylamine groups is 2.